The second-order valence-electron chi connectivity index (χ2n) is 7.13. The molecule has 0 fully saturated rings. The first-order chi connectivity index (χ1) is 15.8. The fourth-order valence-electron chi connectivity index (χ4n) is 3.44. The fourth-order valence-corrected chi connectivity index (χ4v) is 3.44. The number of para-hydroxylation sites is 1. The smallest absolute Gasteiger partial charge is 0.333 e. The summed E-state index contributed by atoms with van der Waals surface area (Å²) in [6.07, 6.45) is 0.837. The third-order valence-corrected chi connectivity index (χ3v) is 4.98. The summed E-state index contributed by atoms with van der Waals surface area (Å²) >= 11 is 0. The molecule has 1 atom stereocenters. The number of hydrogen-bond acceptors (Lipinski definition) is 6. The molecule has 0 bridgehead atoms. The van der Waals surface area contributed by atoms with Crippen LogP contribution in [0.4, 0.5) is 8.78 Å². The van der Waals surface area contributed by atoms with E-state index in [0.29, 0.717) is 16.0 Å². The summed E-state index contributed by atoms with van der Waals surface area (Å²) in [7, 11) is 0. The van der Waals surface area contributed by atoms with Crippen molar-refractivity contribution in [1.29, 1.82) is 0 Å². The summed E-state index contributed by atoms with van der Waals surface area (Å²) in [5.74, 6) is -2.51. The van der Waals surface area contributed by atoms with E-state index in [9.17, 15) is 23.2 Å². The number of alkyl halides is 2. The van der Waals surface area contributed by atoms with Crippen molar-refractivity contribution in [1.82, 2.24) is 15.1 Å². The van der Waals surface area contributed by atoms with Gasteiger partial charge in [-0.2, -0.15) is 13.9 Å². The number of carbonyl (C=O) groups excluding carboxylic acids is 3. The Balaban J connectivity index is 1.70. The van der Waals surface area contributed by atoms with Crippen molar-refractivity contribution in [2.24, 2.45) is 5.73 Å². The summed E-state index contributed by atoms with van der Waals surface area (Å²) < 4.78 is 37.8. The van der Waals surface area contributed by atoms with E-state index in [4.69, 9.17) is 15.2 Å². The number of nitrogens with two attached hydrogens (primary N) is 1. The van der Waals surface area contributed by atoms with Gasteiger partial charge in [-0.05, 0) is 17.7 Å². The van der Waals surface area contributed by atoms with E-state index < -0.39 is 30.2 Å². The first kappa shape index (κ1) is 21.9. The van der Waals surface area contributed by atoms with E-state index in [2.05, 4.69) is 10.4 Å². The van der Waals surface area contributed by atoms with Crippen LogP contribution in [-0.4, -0.2) is 40.2 Å². The molecule has 0 aliphatic carbocycles. The Labute approximate surface area is 186 Å². The van der Waals surface area contributed by atoms with Crippen LogP contribution in [0.1, 0.15) is 22.5 Å². The molecule has 11 heteroatoms. The normalized spacial score (nSPS) is 13.1. The molecule has 1 aliphatic rings. The van der Waals surface area contributed by atoms with Gasteiger partial charge in [-0.25, -0.2) is 4.68 Å². The van der Waals surface area contributed by atoms with Gasteiger partial charge in [0.05, 0.1) is 5.56 Å². The molecule has 3 N–H and O–H groups in total. The molecule has 0 radical (unpaired) electrons. The number of aromatic nitrogens is 2. The lowest BCUT2D eigenvalue weighted by Crippen LogP contribution is -2.47. The second-order valence-corrected chi connectivity index (χ2v) is 7.13. The number of nitrogens with zero attached hydrogens (tertiary/aromatic N) is 2. The number of fused-ring (bicyclic) bond motifs is 1. The first-order valence-corrected chi connectivity index (χ1v) is 9.80. The molecule has 33 heavy (non-hydrogen) atoms. The SMILES string of the molecule is NC(=O)C(=O)C(Cc1ccccc1)NC(=O)c1cn(C(F)F)nc1-c1cccc2c1OCO2. The van der Waals surface area contributed by atoms with E-state index in [1.54, 1.807) is 48.5 Å². The van der Waals surface area contributed by atoms with Crippen LogP contribution >= 0.6 is 0 Å². The van der Waals surface area contributed by atoms with Crippen molar-refractivity contribution in [2.45, 2.75) is 19.0 Å². The third-order valence-electron chi connectivity index (χ3n) is 4.98. The summed E-state index contributed by atoms with van der Waals surface area (Å²) in [6.45, 7) is -3.10. The number of hydrogen-bond donors (Lipinski definition) is 2. The Kier molecular flexibility index (Phi) is 6.03. The molecule has 1 aliphatic heterocycles. The van der Waals surface area contributed by atoms with Gasteiger partial charge in [-0.15, -0.1) is 0 Å². The van der Waals surface area contributed by atoms with Crippen LogP contribution in [0.25, 0.3) is 11.3 Å². The molecule has 9 nitrogen and oxygen atoms in total. The van der Waals surface area contributed by atoms with Crippen molar-refractivity contribution < 1.29 is 32.6 Å². The fraction of sp³-hybridized carbons (Fsp3) is 0.182. The third kappa shape index (κ3) is 4.52. The minimum atomic E-state index is -3.02. The van der Waals surface area contributed by atoms with Crippen molar-refractivity contribution in [2.75, 3.05) is 6.79 Å². The minimum absolute atomic E-state index is 0.0235. The summed E-state index contributed by atoms with van der Waals surface area (Å²) in [4.78, 5) is 37.0. The highest BCUT2D eigenvalue weighted by Crippen LogP contribution is 2.41. The summed E-state index contributed by atoms with van der Waals surface area (Å²) in [5.41, 5.74) is 5.73. The van der Waals surface area contributed by atoms with Crippen LogP contribution in [0.3, 0.4) is 0 Å². The zero-order valence-electron chi connectivity index (χ0n) is 17.0. The Bertz CT molecular complexity index is 1210. The lowest BCUT2D eigenvalue weighted by Gasteiger charge is -2.16. The minimum Gasteiger partial charge on any atom is -0.454 e. The molecular formula is C22H18F2N4O5. The van der Waals surface area contributed by atoms with E-state index in [1.807, 2.05) is 0 Å². The lowest BCUT2D eigenvalue weighted by atomic mass is 10.0. The molecule has 2 amide bonds. The Morgan fingerprint density at radius 2 is 1.85 bits per heavy atom. The van der Waals surface area contributed by atoms with Gasteiger partial charge in [0.2, 0.25) is 12.6 Å². The van der Waals surface area contributed by atoms with Crippen LogP contribution in [-0.2, 0) is 16.0 Å². The highest BCUT2D eigenvalue weighted by molar-refractivity contribution is 6.38. The molecular weight excluding hydrogens is 438 g/mol. The van der Waals surface area contributed by atoms with Crippen LogP contribution in [0.5, 0.6) is 11.5 Å². The average Bonchev–Trinajstić information content (AvgIpc) is 3.46. The van der Waals surface area contributed by atoms with Gasteiger partial charge in [0.25, 0.3) is 11.8 Å². The number of nitrogens with one attached hydrogen (secondary N) is 1. The number of primary amides is 1. The maximum Gasteiger partial charge on any atom is 0.333 e. The van der Waals surface area contributed by atoms with Crippen LogP contribution in [0.2, 0.25) is 0 Å². The maximum atomic E-state index is 13.4. The molecule has 1 aromatic heterocycles. The van der Waals surface area contributed by atoms with Crippen LogP contribution in [0, 0.1) is 0 Å². The second kappa shape index (κ2) is 9.07. The quantitative estimate of drug-likeness (QED) is 0.500. The van der Waals surface area contributed by atoms with E-state index in [0.717, 1.165) is 6.20 Å². The number of benzene rings is 2. The zero-order chi connectivity index (χ0) is 23.5. The molecule has 3 aromatic rings. The lowest BCUT2D eigenvalue weighted by molar-refractivity contribution is -0.137. The Morgan fingerprint density at radius 1 is 1.09 bits per heavy atom. The zero-order valence-corrected chi connectivity index (χ0v) is 17.0. The number of carbonyl (C=O) groups is 3. The van der Waals surface area contributed by atoms with Crippen molar-refractivity contribution in [3.63, 3.8) is 0 Å². The largest absolute Gasteiger partial charge is 0.454 e. The van der Waals surface area contributed by atoms with Gasteiger partial charge in [0, 0.05) is 18.2 Å². The number of Topliss-reactive ketones (excluding diaryl/α,β-unsaturated/α-hetero) is 1. The number of ketones is 1. The van der Waals surface area contributed by atoms with Crippen molar-refractivity contribution >= 4 is 17.6 Å². The predicted octanol–water partition coefficient (Wildman–Crippen LogP) is 2.07. The number of ether oxygens (including phenoxy) is 2. The van der Waals surface area contributed by atoms with Gasteiger partial charge in [-0.1, -0.05) is 36.4 Å². The van der Waals surface area contributed by atoms with E-state index >= 15 is 0 Å². The molecule has 2 heterocycles. The molecule has 0 saturated heterocycles. The van der Waals surface area contributed by atoms with Gasteiger partial charge in [-0.3, -0.25) is 14.4 Å². The van der Waals surface area contributed by atoms with Crippen molar-refractivity contribution in [3.8, 4) is 22.8 Å². The molecule has 4 rings (SSSR count). The molecule has 170 valence electrons. The average molecular weight is 456 g/mol. The van der Waals surface area contributed by atoms with Gasteiger partial charge in [0.15, 0.2) is 11.5 Å². The molecule has 0 spiro atoms. The monoisotopic (exact) mass is 456 g/mol. The van der Waals surface area contributed by atoms with Gasteiger partial charge >= 0.3 is 6.55 Å². The van der Waals surface area contributed by atoms with Crippen molar-refractivity contribution in [3.05, 3.63) is 65.9 Å². The maximum absolute atomic E-state index is 13.4. The topological polar surface area (TPSA) is 126 Å². The highest BCUT2D eigenvalue weighted by atomic mass is 19.3. The van der Waals surface area contributed by atoms with E-state index in [-0.39, 0.29) is 35.8 Å². The summed E-state index contributed by atoms with van der Waals surface area (Å²) in [6, 6.07) is 12.1. The number of halogens is 2. The van der Waals surface area contributed by atoms with Gasteiger partial charge < -0.3 is 20.5 Å². The predicted molar refractivity (Wildman–Crippen MR) is 111 cm³/mol. The van der Waals surface area contributed by atoms with E-state index in [1.165, 1.54) is 0 Å². The Morgan fingerprint density at radius 3 is 2.55 bits per heavy atom. The van der Waals surface area contributed by atoms with Gasteiger partial charge in [0.1, 0.15) is 11.7 Å². The van der Waals surface area contributed by atoms with Crippen LogP contribution in [0.15, 0.2) is 54.7 Å². The molecule has 1 unspecified atom stereocenters. The summed E-state index contributed by atoms with van der Waals surface area (Å²) in [5, 5.41) is 6.28. The number of rotatable bonds is 8. The first-order valence-electron chi connectivity index (χ1n) is 9.80. The standard InChI is InChI=1S/C22H18F2N4O5/c23-22(24)28-10-14(17(27-28)13-7-4-8-16-19(13)33-11-32-16)21(31)26-15(18(29)20(25)30)9-12-5-2-1-3-6-12/h1-8,10,15,22H,9,11H2,(H2,25,30)(H,26,31). The highest BCUT2D eigenvalue weighted by Gasteiger charge is 2.30. The Hall–Kier alpha value is -4.28. The van der Waals surface area contributed by atoms with Crippen LogP contribution < -0.4 is 20.5 Å². The molecule has 0 saturated carbocycles. The molecule has 2 aromatic carbocycles. The number of amides is 2.